The summed E-state index contributed by atoms with van der Waals surface area (Å²) in [4.78, 5) is 15.1. The second-order valence-corrected chi connectivity index (χ2v) is 7.11. The monoisotopic (exact) mass is 370 g/mol. The van der Waals surface area contributed by atoms with E-state index >= 15 is 0 Å². The van der Waals surface area contributed by atoms with Gasteiger partial charge in [-0.3, -0.25) is 9.69 Å². The van der Waals surface area contributed by atoms with E-state index in [1.807, 2.05) is 19.1 Å². The third-order valence-corrected chi connectivity index (χ3v) is 5.23. The van der Waals surface area contributed by atoms with Crippen LogP contribution in [-0.2, 0) is 0 Å². The van der Waals surface area contributed by atoms with Crippen LogP contribution in [0.1, 0.15) is 46.5 Å². The first-order valence-corrected chi connectivity index (χ1v) is 9.30. The lowest BCUT2D eigenvalue weighted by Gasteiger charge is -2.25. The van der Waals surface area contributed by atoms with Crippen molar-refractivity contribution < 1.29 is 18.0 Å². The molecule has 3 aromatic rings. The van der Waals surface area contributed by atoms with Gasteiger partial charge < -0.3 is 14.2 Å². The lowest BCUT2D eigenvalue weighted by molar-refractivity contribution is 0.0907. The van der Waals surface area contributed by atoms with E-state index in [0.717, 1.165) is 37.5 Å². The summed E-state index contributed by atoms with van der Waals surface area (Å²) in [5.74, 6) is 1.30. The van der Waals surface area contributed by atoms with Crippen LogP contribution < -0.4 is 5.32 Å². The number of halogens is 1. The molecule has 0 saturated carbocycles. The number of rotatable bonds is 5. The average molecular weight is 370 g/mol. The number of nitrogens with one attached hydrogen (secondary N) is 1. The summed E-state index contributed by atoms with van der Waals surface area (Å²) < 4.78 is 25.0. The Bertz CT molecular complexity index is 969. The molecule has 0 aliphatic carbocycles. The summed E-state index contributed by atoms with van der Waals surface area (Å²) in [5.41, 5.74) is 1.16. The van der Waals surface area contributed by atoms with Crippen molar-refractivity contribution in [2.45, 2.75) is 32.7 Å². The Morgan fingerprint density at radius 1 is 1.19 bits per heavy atom. The Labute approximate surface area is 157 Å². The number of benzene rings is 1. The Kier molecular flexibility index (Phi) is 4.74. The van der Waals surface area contributed by atoms with Crippen molar-refractivity contribution in [2.75, 3.05) is 19.6 Å². The number of fused-ring (bicyclic) bond motifs is 1. The van der Waals surface area contributed by atoms with Crippen LogP contribution in [0, 0.1) is 19.7 Å². The smallest absolute Gasteiger partial charge is 0.287 e. The van der Waals surface area contributed by atoms with Crippen LogP contribution in [0.25, 0.3) is 11.0 Å². The molecule has 0 spiro atoms. The van der Waals surface area contributed by atoms with Crippen molar-refractivity contribution in [1.29, 1.82) is 0 Å². The maximum absolute atomic E-state index is 13.5. The molecule has 1 amide bonds. The highest BCUT2D eigenvalue weighted by Gasteiger charge is 2.27. The van der Waals surface area contributed by atoms with Gasteiger partial charge in [-0.2, -0.15) is 0 Å². The minimum absolute atomic E-state index is 0.00715. The number of carbonyl (C=O) groups is 1. The number of carbonyl (C=O) groups excluding carboxylic acids is 1. The molecule has 142 valence electrons. The fraction of sp³-hybridized carbons (Fsp3) is 0.381. The maximum Gasteiger partial charge on any atom is 0.287 e. The maximum atomic E-state index is 13.5. The average Bonchev–Trinajstić information content (AvgIpc) is 3.38. The molecule has 0 unspecified atom stereocenters. The van der Waals surface area contributed by atoms with E-state index in [1.54, 1.807) is 13.0 Å². The van der Waals surface area contributed by atoms with E-state index in [1.165, 1.54) is 12.1 Å². The fourth-order valence-electron chi connectivity index (χ4n) is 3.77. The second-order valence-electron chi connectivity index (χ2n) is 7.11. The predicted octanol–water partition coefficient (Wildman–Crippen LogP) is 4.35. The van der Waals surface area contributed by atoms with E-state index < -0.39 is 0 Å². The minimum Gasteiger partial charge on any atom is -0.465 e. The fourth-order valence-corrected chi connectivity index (χ4v) is 3.77. The number of hydrogen-bond donors (Lipinski definition) is 1. The quantitative estimate of drug-likeness (QED) is 0.725. The van der Waals surface area contributed by atoms with Crippen molar-refractivity contribution in [3.8, 4) is 0 Å². The first-order valence-electron chi connectivity index (χ1n) is 9.30. The SMILES string of the molecule is Cc1ccc([C@@H](CNC(=O)c2oc3ccc(F)cc3c2C)N2CCCC2)o1. The molecule has 1 aliphatic rings. The van der Waals surface area contributed by atoms with Gasteiger partial charge in [-0.05, 0) is 70.1 Å². The minimum atomic E-state index is -0.347. The predicted molar refractivity (Wildman–Crippen MR) is 100 cm³/mol. The van der Waals surface area contributed by atoms with Crippen LogP contribution in [0.3, 0.4) is 0 Å². The molecule has 1 fully saturated rings. The molecular weight excluding hydrogens is 347 g/mol. The van der Waals surface area contributed by atoms with Crippen molar-refractivity contribution >= 4 is 16.9 Å². The normalized spacial score (nSPS) is 16.1. The highest BCUT2D eigenvalue weighted by molar-refractivity contribution is 5.98. The molecule has 3 heterocycles. The number of nitrogens with zero attached hydrogens (tertiary/aromatic N) is 1. The van der Waals surface area contributed by atoms with Gasteiger partial charge in [-0.15, -0.1) is 0 Å². The summed E-state index contributed by atoms with van der Waals surface area (Å²) in [6.07, 6.45) is 2.30. The van der Waals surface area contributed by atoms with E-state index in [-0.39, 0.29) is 23.5 Å². The van der Waals surface area contributed by atoms with Gasteiger partial charge in [0.2, 0.25) is 0 Å². The van der Waals surface area contributed by atoms with Gasteiger partial charge in [-0.25, -0.2) is 4.39 Å². The van der Waals surface area contributed by atoms with E-state index in [2.05, 4.69) is 10.2 Å². The zero-order valence-electron chi connectivity index (χ0n) is 15.5. The molecule has 1 aliphatic heterocycles. The van der Waals surface area contributed by atoms with Crippen molar-refractivity contribution in [1.82, 2.24) is 10.2 Å². The topological polar surface area (TPSA) is 58.6 Å². The van der Waals surface area contributed by atoms with Gasteiger partial charge >= 0.3 is 0 Å². The molecule has 2 aromatic heterocycles. The lowest BCUT2D eigenvalue weighted by atomic mass is 10.1. The molecule has 1 N–H and O–H groups in total. The van der Waals surface area contributed by atoms with Gasteiger partial charge in [0.1, 0.15) is 22.9 Å². The highest BCUT2D eigenvalue weighted by atomic mass is 19.1. The molecule has 1 saturated heterocycles. The Balaban J connectivity index is 1.53. The summed E-state index contributed by atoms with van der Waals surface area (Å²) in [6, 6.07) is 8.18. The second kappa shape index (κ2) is 7.19. The molecule has 1 aromatic carbocycles. The van der Waals surface area contributed by atoms with Crippen LogP contribution in [-0.4, -0.2) is 30.4 Å². The molecular formula is C21H23FN2O3. The van der Waals surface area contributed by atoms with E-state index in [0.29, 0.717) is 23.1 Å². The molecule has 27 heavy (non-hydrogen) atoms. The number of furan rings is 2. The number of hydrogen-bond acceptors (Lipinski definition) is 4. The highest BCUT2D eigenvalue weighted by Crippen LogP contribution is 2.28. The standard InChI is InChI=1S/C21H23FN2O3/c1-13-5-7-19(26-13)17(24-9-3-4-10-24)12-23-21(25)20-14(2)16-11-15(22)6-8-18(16)27-20/h5-8,11,17H,3-4,9-10,12H2,1-2H3,(H,23,25)/t17-/m1/s1. The van der Waals surface area contributed by atoms with Crippen molar-refractivity contribution in [2.24, 2.45) is 0 Å². The molecule has 1 atom stereocenters. The Morgan fingerprint density at radius 3 is 2.67 bits per heavy atom. The summed E-state index contributed by atoms with van der Waals surface area (Å²) >= 11 is 0. The van der Waals surface area contributed by atoms with E-state index in [4.69, 9.17) is 8.83 Å². The summed E-state index contributed by atoms with van der Waals surface area (Å²) in [7, 11) is 0. The van der Waals surface area contributed by atoms with E-state index in [9.17, 15) is 9.18 Å². The van der Waals surface area contributed by atoms with Gasteiger partial charge in [-0.1, -0.05) is 0 Å². The zero-order valence-corrected chi connectivity index (χ0v) is 15.5. The Hall–Kier alpha value is -2.60. The van der Waals surface area contributed by atoms with Crippen LogP contribution in [0.2, 0.25) is 0 Å². The van der Waals surface area contributed by atoms with Crippen LogP contribution in [0.15, 0.2) is 39.2 Å². The summed E-state index contributed by atoms with van der Waals surface area (Å²) in [6.45, 7) is 6.09. The number of likely N-dealkylation sites (tertiary alicyclic amines) is 1. The Morgan fingerprint density at radius 2 is 1.96 bits per heavy atom. The molecule has 0 radical (unpaired) electrons. The van der Waals surface area contributed by atoms with Crippen molar-refractivity contribution in [3.05, 3.63) is 59.0 Å². The van der Waals surface area contributed by atoms with Crippen LogP contribution in [0.4, 0.5) is 4.39 Å². The third-order valence-electron chi connectivity index (χ3n) is 5.23. The first-order chi connectivity index (χ1) is 13.0. The van der Waals surface area contributed by atoms with Gasteiger partial charge in [0.25, 0.3) is 5.91 Å². The van der Waals surface area contributed by atoms with Gasteiger partial charge in [0.15, 0.2) is 5.76 Å². The largest absolute Gasteiger partial charge is 0.465 e. The molecule has 6 heteroatoms. The zero-order chi connectivity index (χ0) is 19.0. The first kappa shape index (κ1) is 17.8. The number of amides is 1. The molecule has 5 nitrogen and oxygen atoms in total. The van der Waals surface area contributed by atoms with Crippen molar-refractivity contribution in [3.63, 3.8) is 0 Å². The summed E-state index contributed by atoms with van der Waals surface area (Å²) in [5, 5.41) is 3.60. The van der Waals surface area contributed by atoms with Gasteiger partial charge in [0, 0.05) is 17.5 Å². The van der Waals surface area contributed by atoms with Crippen LogP contribution in [0.5, 0.6) is 0 Å². The molecule has 0 bridgehead atoms. The third kappa shape index (κ3) is 3.49. The van der Waals surface area contributed by atoms with Gasteiger partial charge in [0.05, 0.1) is 6.04 Å². The molecule has 4 rings (SSSR count). The lowest BCUT2D eigenvalue weighted by Crippen LogP contribution is -2.36. The number of aryl methyl sites for hydroxylation is 2. The van der Waals surface area contributed by atoms with Crippen LogP contribution >= 0.6 is 0 Å².